The highest BCUT2D eigenvalue weighted by molar-refractivity contribution is 6.30. The van der Waals surface area contributed by atoms with Crippen LogP contribution in [0, 0.1) is 0 Å². The van der Waals surface area contributed by atoms with Gasteiger partial charge >= 0.3 is 0 Å². The zero-order valence-electron chi connectivity index (χ0n) is 8.98. The number of nitrogens with two attached hydrogens (primary N) is 1. The zero-order chi connectivity index (χ0) is 11.5. The predicted octanol–water partition coefficient (Wildman–Crippen LogP) is 2.88. The molecule has 0 saturated carbocycles. The second-order valence-electron chi connectivity index (χ2n) is 3.80. The summed E-state index contributed by atoms with van der Waals surface area (Å²) < 4.78 is 0. The third-order valence-corrected chi connectivity index (χ3v) is 2.88. The Morgan fingerprint density at radius 2 is 2.19 bits per heavy atom. The summed E-state index contributed by atoms with van der Waals surface area (Å²) in [5.74, 6) is 5.20. The molecule has 2 aromatic rings. The van der Waals surface area contributed by atoms with Crippen LogP contribution < -0.4 is 5.90 Å². The third-order valence-electron chi connectivity index (χ3n) is 2.58. The van der Waals surface area contributed by atoms with Crippen molar-refractivity contribution in [1.82, 2.24) is 4.98 Å². The summed E-state index contributed by atoms with van der Waals surface area (Å²) in [5, 5.41) is 1.59. The Morgan fingerprint density at radius 1 is 1.44 bits per heavy atom. The molecule has 2 N–H and O–H groups in total. The molecule has 0 aliphatic rings. The van der Waals surface area contributed by atoms with Gasteiger partial charge in [-0.2, -0.15) is 0 Å². The predicted molar refractivity (Wildman–Crippen MR) is 65.3 cm³/mol. The first-order valence-electron chi connectivity index (χ1n) is 5.09. The van der Waals surface area contributed by atoms with Crippen molar-refractivity contribution in [3.63, 3.8) is 0 Å². The minimum atomic E-state index is 0.134. The molecular weight excluding hydrogens is 224 g/mol. The van der Waals surface area contributed by atoms with Crippen LogP contribution in [0.4, 0.5) is 0 Å². The van der Waals surface area contributed by atoms with Gasteiger partial charge in [0.15, 0.2) is 0 Å². The molecular formula is C12H13ClN2O. The van der Waals surface area contributed by atoms with E-state index in [0.29, 0.717) is 11.8 Å². The number of pyridine rings is 1. The second-order valence-corrected chi connectivity index (χ2v) is 4.15. The zero-order valence-corrected chi connectivity index (χ0v) is 9.74. The first-order valence-corrected chi connectivity index (χ1v) is 5.47. The molecule has 1 heterocycles. The molecule has 0 fully saturated rings. The SMILES string of the molecule is CC(CON)c1cc2ccccc2nc1Cl. The van der Waals surface area contributed by atoms with Gasteiger partial charge in [-0.15, -0.1) is 0 Å². The summed E-state index contributed by atoms with van der Waals surface area (Å²) in [6, 6.07) is 9.91. The molecule has 3 nitrogen and oxygen atoms in total. The van der Waals surface area contributed by atoms with Crippen LogP contribution in [-0.4, -0.2) is 11.6 Å². The van der Waals surface area contributed by atoms with E-state index in [1.807, 2.05) is 37.3 Å². The van der Waals surface area contributed by atoms with Gasteiger partial charge in [-0.25, -0.2) is 10.9 Å². The molecule has 1 unspecified atom stereocenters. The van der Waals surface area contributed by atoms with Crippen molar-refractivity contribution in [1.29, 1.82) is 0 Å². The lowest BCUT2D eigenvalue weighted by Gasteiger charge is -2.12. The van der Waals surface area contributed by atoms with E-state index in [4.69, 9.17) is 17.5 Å². The number of para-hydroxylation sites is 1. The average Bonchev–Trinajstić information content (AvgIpc) is 2.28. The Morgan fingerprint density at radius 3 is 2.94 bits per heavy atom. The Labute approximate surface area is 99.1 Å². The monoisotopic (exact) mass is 236 g/mol. The van der Waals surface area contributed by atoms with Gasteiger partial charge in [0.05, 0.1) is 12.1 Å². The van der Waals surface area contributed by atoms with E-state index in [1.54, 1.807) is 0 Å². The minimum absolute atomic E-state index is 0.134. The van der Waals surface area contributed by atoms with E-state index >= 15 is 0 Å². The molecule has 0 spiro atoms. The van der Waals surface area contributed by atoms with Crippen molar-refractivity contribution in [2.45, 2.75) is 12.8 Å². The molecule has 84 valence electrons. The van der Waals surface area contributed by atoms with Crippen molar-refractivity contribution in [3.05, 3.63) is 41.0 Å². The van der Waals surface area contributed by atoms with E-state index in [1.165, 1.54) is 0 Å². The first-order chi connectivity index (χ1) is 7.72. The number of fused-ring (bicyclic) bond motifs is 1. The molecule has 16 heavy (non-hydrogen) atoms. The van der Waals surface area contributed by atoms with Crippen molar-refractivity contribution < 1.29 is 4.84 Å². The molecule has 1 atom stereocenters. The lowest BCUT2D eigenvalue weighted by molar-refractivity contribution is 0.126. The highest BCUT2D eigenvalue weighted by Gasteiger charge is 2.12. The maximum Gasteiger partial charge on any atom is 0.133 e. The summed E-state index contributed by atoms with van der Waals surface area (Å²) in [6.07, 6.45) is 0. The molecule has 0 aliphatic carbocycles. The van der Waals surface area contributed by atoms with E-state index in [9.17, 15) is 0 Å². The van der Waals surface area contributed by atoms with Crippen LogP contribution in [-0.2, 0) is 4.84 Å². The van der Waals surface area contributed by atoms with Crippen molar-refractivity contribution >= 4 is 22.5 Å². The van der Waals surface area contributed by atoms with Crippen LogP contribution in [0.1, 0.15) is 18.4 Å². The molecule has 1 aromatic heterocycles. The van der Waals surface area contributed by atoms with Crippen molar-refractivity contribution in [2.24, 2.45) is 5.90 Å². The van der Waals surface area contributed by atoms with Gasteiger partial charge in [0.2, 0.25) is 0 Å². The van der Waals surface area contributed by atoms with Crippen LogP contribution >= 0.6 is 11.6 Å². The number of aromatic nitrogens is 1. The largest absolute Gasteiger partial charge is 0.304 e. The maximum absolute atomic E-state index is 6.13. The lowest BCUT2D eigenvalue weighted by Crippen LogP contribution is -2.09. The van der Waals surface area contributed by atoms with Crippen LogP contribution in [0.5, 0.6) is 0 Å². The number of nitrogens with zero attached hydrogens (tertiary/aromatic N) is 1. The van der Waals surface area contributed by atoms with Crippen LogP contribution in [0.25, 0.3) is 10.9 Å². The average molecular weight is 237 g/mol. The van der Waals surface area contributed by atoms with Crippen molar-refractivity contribution in [2.75, 3.05) is 6.61 Å². The lowest BCUT2D eigenvalue weighted by atomic mass is 10.0. The number of benzene rings is 1. The topological polar surface area (TPSA) is 48.1 Å². The van der Waals surface area contributed by atoms with E-state index < -0.39 is 0 Å². The summed E-state index contributed by atoms with van der Waals surface area (Å²) in [7, 11) is 0. The smallest absolute Gasteiger partial charge is 0.133 e. The van der Waals surface area contributed by atoms with E-state index in [2.05, 4.69) is 9.82 Å². The van der Waals surface area contributed by atoms with Crippen LogP contribution in [0.2, 0.25) is 5.15 Å². The van der Waals surface area contributed by atoms with Gasteiger partial charge in [0, 0.05) is 11.3 Å². The summed E-state index contributed by atoms with van der Waals surface area (Å²) >= 11 is 6.13. The van der Waals surface area contributed by atoms with E-state index in [0.717, 1.165) is 16.5 Å². The normalized spacial score (nSPS) is 12.9. The standard InChI is InChI=1S/C12H13ClN2O/c1-8(7-16-14)10-6-9-4-2-3-5-11(9)15-12(10)13/h2-6,8H,7,14H2,1H3. The van der Waals surface area contributed by atoms with Gasteiger partial charge < -0.3 is 4.84 Å². The van der Waals surface area contributed by atoms with Gasteiger partial charge in [0.25, 0.3) is 0 Å². The number of halogens is 1. The molecule has 0 amide bonds. The highest BCUT2D eigenvalue weighted by atomic mass is 35.5. The Kier molecular flexibility index (Phi) is 3.39. The molecule has 1 aromatic carbocycles. The van der Waals surface area contributed by atoms with Gasteiger partial charge in [-0.1, -0.05) is 36.7 Å². The quantitative estimate of drug-likeness (QED) is 0.659. The molecule has 2 rings (SSSR count). The maximum atomic E-state index is 6.13. The molecule has 0 bridgehead atoms. The van der Waals surface area contributed by atoms with Gasteiger partial charge in [-0.3, -0.25) is 0 Å². The number of rotatable bonds is 3. The van der Waals surface area contributed by atoms with Crippen LogP contribution in [0.3, 0.4) is 0 Å². The first kappa shape index (κ1) is 11.3. The Bertz CT molecular complexity index is 501. The Balaban J connectivity index is 2.49. The van der Waals surface area contributed by atoms with Gasteiger partial charge in [-0.05, 0) is 17.7 Å². The summed E-state index contributed by atoms with van der Waals surface area (Å²) in [6.45, 7) is 2.43. The fourth-order valence-corrected chi connectivity index (χ4v) is 2.02. The number of hydrogen-bond acceptors (Lipinski definition) is 3. The minimum Gasteiger partial charge on any atom is -0.304 e. The van der Waals surface area contributed by atoms with Crippen molar-refractivity contribution in [3.8, 4) is 0 Å². The third kappa shape index (κ3) is 2.16. The fourth-order valence-electron chi connectivity index (χ4n) is 1.69. The van der Waals surface area contributed by atoms with E-state index in [-0.39, 0.29) is 5.92 Å². The highest BCUT2D eigenvalue weighted by Crippen LogP contribution is 2.26. The molecule has 0 radical (unpaired) electrons. The molecule has 4 heteroatoms. The fraction of sp³-hybridized carbons (Fsp3) is 0.250. The Hall–Kier alpha value is -1.16. The second kappa shape index (κ2) is 4.78. The summed E-state index contributed by atoms with van der Waals surface area (Å²) in [5.41, 5.74) is 1.86. The molecule has 0 aliphatic heterocycles. The number of hydrogen-bond donors (Lipinski definition) is 1. The van der Waals surface area contributed by atoms with Gasteiger partial charge in [0.1, 0.15) is 5.15 Å². The van der Waals surface area contributed by atoms with Crippen LogP contribution in [0.15, 0.2) is 30.3 Å². The summed E-state index contributed by atoms with van der Waals surface area (Å²) in [4.78, 5) is 8.99. The molecule has 0 saturated heterocycles.